The second-order valence-electron chi connectivity index (χ2n) is 4.44. The Balaban J connectivity index is 2.02. The fourth-order valence-corrected chi connectivity index (χ4v) is 1.91. The molecule has 0 amide bonds. The highest BCUT2D eigenvalue weighted by Crippen LogP contribution is 2.22. The van der Waals surface area contributed by atoms with Crippen molar-refractivity contribution in [2.24, 2.45) is 0 Å². The Bertz CT molecular complexity index is 564. The SMILES string of the molecule is Nc1cc2ccccc2cc1CNCCC(F)(F)F. The molecule has 3 N–H and O–H groups in total. The Labute approximate surface area is 109 Å². The van der Waals surface area contributed by atoms with Crippen LogP contribution in [0.3, 0.4) is 0 Å². The smallest absolute Gasteiger partial charge is 0.390 e. The Morgan fingerprint density at radius 1 is 1.05 bits per heavy atom. The van der Waals surface area contributed by atoms with Crippen LogP contribution in [0.5, 0.6) is 0 Å². The largest absolute Gasteiger partial charge is 0.398 e. The topological polar surface area (TPSA) is 38.0 Å². The molecule has 0 saturated heterocycles. The Kier molecular flexibility index (Phi) is 3.95. The van der Waals surface area contributed by atoms with Crippen molar-refractivity contribution in [1.82, 2.24) is 5.32 Å². The summed E-state index contributed by atoms with van der Waals surface area (Å²) in [6, 6.07) is 11.5. The number of nitrogen functional groups attached to an aromatic ring is 1. The van der Waals surface area contributed by atoms with Crippen LogP contribution in [0.1, 0.15) is 12.0 Å². The summed E-state index contributed by atoms with van der Waals surface area (Å²) in [5, 5.41) is 4.82. The van der Waals surface area contributed by atoms with Crippen LogP contribution in [-0.4, -0.2) is 12.7 Å². The van der Waals surface area contributed by atoms with Gasteiger partial charge >= 0.3 is 6.18 Å². The lowest BCUT2D eigenvalue weighted by molar-refractivity contribution is -0.133. The summed E-state index contributed by atoms with van der Waals surface area (Å²) in [5.74, 6) is 0. The molecule has 0 atom stereocenters. The lowest BCUT2D eigenvalue weighted by Crippen LogP contribution is -2.21. The third kappa shape index (κ3) is 3.86. The second kappa shape index (κ2) is 5.48. The summed E-state index contributed by atoms with van der Waals surface area (Å²) in [7, 11) is 0. The highest BCUT2D eigenvalue weighted by Gasteiger charge is 2.25. The van der Waals surface area contributed by atoms with Crippen molar-refractivity contribution < 1.29 is 13.2 Å². The molecule has 102 valence electrons. The zero-order chi connectivity index (χ0) is 13.9. The average Bonchev–Trinajstić information content (AvgIpc) is 2.33. The molecule has 2 aromatic rings. The van der Waals surface area contributed by atoms with E-state index >= 15 is 0 Å². The lowest BCUT2D eigenvalue weighted by Gasteiger charge is -2.10. The minimum atomic E-state index is -4.12. The molecule has 0 fully saturated rings. The fourth-order valence-electron chi connectivity index (χ4n) is 1.91. The minimum Gasteiger partial charge on any atom is -0.398 e. The van der Waals surface area contributed by atoms with E-state index < -0.39 is 12.6 Å². The normalized spacial score (nSPS) is 11.9. The zero-order valence-electron chi connectivity index (χ0n) is 10.3. The van der Waals surface area contributed by atoms with E-state index in [1.54, 1.807) is 0 Å². The van der Waals surface area contributed by atoms with Crippen LogP contribution >= 0.6 is 0 Å². The first-order chi connectivity index (χ1) is 8.96. The van der Waals surface area contributed by atoms with E-state index in [1.807, 2.05) is 36.4 Å². The quantitative estimate of drug-likeness (QED) is 0.658. The van der Waals surface area contributed by atoms with Crippen molar-refractivity contribution in [3.8, 4) is 0 Å². The van der Waals surface area contributed by atoms with E-state index in [4.69, 9.17) is 5.73 Å². The Morgan fingerprint density at radius 3 is 2.32 bits per heavy atom. The summed E-state index contributed by atoms with van der Waals surface area (Å²) >= 11 is 0. The van der Waals surface area contributed by atoms with Gasteiger partial charge in [-0.3, -0.25) is 0 Å². The summed E-state index contributed by atoms with van der Waals surface area (Å²) in [6.07, 6.45) is -4.96. The molecule has 0 radical (unpaired) electrons. The molecule has 5 heteroatoms. The van der Waals surface area contributed by atoms with Crippen LogP contribution in [-0.2, 0) is 6.54 Å². The monoisotopic (exact) mass is 268 g/mol. The first-order valence-corrected chi connectivity index (χ1v) is 6.00. The van der Waals surface area contributed by atoms with Gasteiger partial charge in [0.15, 0.2) is 0 Å². The molecule has 0 spiro atoms. The number of nitrogens with one attached hydrogen (secondary N) is 1. The van der Waals surface area contributed by atoms with Gasteiger partial charge in [-0.2, -0.15) is 13.2 Å². The molecule has 2 rings (SSSR count). The van der Waals surface area contributed by atoms with Crippen molar-refractivity contribution in [1.29, 1.82) is 0 Å². The Morgan fingerprint density at radius 2 is 1.68 bits per heavy atom. The van der Waals surface area contributed by atoms with Crippen LogP contribution < -0.4 is 11.1 Å². The van der Waals surface area contributed by atoms with Gasteiger partial charge in [-0.1, -0.05) is 24.3 Å². The molecule has 0 saturated carbocycles. The number of fused-ring (bicyclic) bond motifs is 1. The maximum absolute atomic E-state index is 12.0. The van der Waals surface area contributed by atoms with Gasteiger partial charge in [0, 0.05) is 18.8 Å². The number of anilines is 1. The Hall–Kier alpha value is -1.75. The number of rotatable bonds is 4. The van der Waals surface area contributed by atoms with Crippen LogP contribution in [0.4, 0.5) is 18.9 Å². The maximum atomic E-state index is 12.0. The number of hydrogen-bond acceptors (Lipinski definition) is 2. The van der Waals surface area contributed by atoms with E-state index in [2.05, 4.69) is 5.32 Å². The molecular formula is C14H15F3N2. The average molecular weight is 268 g/mol. The van der Waals surface area contributed by atoms with Gasteiger partial charge < -0.3 is 11.1 Å². The van der Waals surface area contributed by atoms with Crippen LogP contribution in [0.2, 0.25) is 0 Å². The van der Waals surface area contributed by atoms with Crippen LogP contribution in [0, 0.1) is 0 Å². The summed E-state index contributed by atoms with van der Waals surface area (Å²) in [4.78, 5) is 0. The third-order valence-electron chi connectivity index (χ3n) is 2.91. The molecule has 2 nitrogen and oxygen atoms in total. The molecular weight excluding hydrogens is 253 g/mol. The summed E-state index contributed by atoms with van der Waals surface area (Å²) < 4.78 is 36.0. The molecule has 0 aliphatic heterocycles. The maximum Gasteiger partial charge on any atom is 0.390 e. The molecule has 0 bridgehead atoms. The highest BCUT2D eigenvalue weighted by atomic mass is 19.4. The lowest BCUT2D eigenvalue weighted by atomic mass is 10.1. The van der Waals surface area contributed by atoms with Crippen molar-refractivity contribution in [3.63, 3.8) is 0 Å². The van der Waals surface area contributed by atoms with Gasteiger partial charge in [0.1, 0.15) is 0 Å². The summed E-state index contributed by atoms with van der Waals surface area (Å²) in [6.45, 7) is 0.239. The molecule has 2 aromatic carbocycles. The number of hydrogen-bond donors (Lipinski definition) is 2. The third-order valence-corrected chi connectivity index (χ3v) is 2.91. The van der Waals surface area contributed by atoms with Gasteiger partial charge in [-0.25, -0.2) is 0 Å². The van der Waals surface area contributed by atoms with Crippen molar-refractivity contribution in [3.05, 3.63) is 42.0 Å². The standard InChI is InChI=1S/C14H15F3N2/c15-14(16,17)5-6-19-9-12-7-10-3-1-2-4-11(10)8-13(12)18/h1-4,7-8,19H,5-6,9,18H2. The second-order valence-corrected chi connectivity index (χ2v) is 4.44. The molecule has 0 aliphatic rings. The summed E-state index contributed by atoms with van der Waals surface area (Å²) in [5.41, 5.74) is 7.31. The van der Waals surface area contributed by atoms with E-state index in [1.165, 1.54) is 0 Å². The van der Waals surface area contributed by atoms with E-state index in [9.17, 15) is 13.2 Å². The van der Waals surface area contributed by atoms with Gasteiger partial charge in [-0.05, 0) is 28.5 Å². The molecule has 0 aliphatic carbocycles. The van der Waals surface area contributed by atoms with Gasteiger partial charge in [0.25, 0.3) is 0 Å². The van der Waals surface area contributed by atoms with Gasteiger partial charge in [0.2, 0.25) is 0 Å². The van der Waals surface area contributed by atoms with Gasteiger partial charge in [-0.15, -0.1) is 0 Å². The van der Waals surface area contributed by atoms with Crippen LogP contribution in [0.25, 0.3) is 10.8 Å². The zero-order valence-corrected chi connectivity index (χ0v) is 10.3. The number of halogens is 3. The molecule has 19 heavy (non-hydrogen) atoms. The highest BCUT2D eigenvalue weighted by molar-refractivity contribution is 5.86. The number of nitrogens with two attached hydrogens (primary N) is 1. The minimum absolute atomic E-state index is 0.101. The van der Waals surface area contributed by atoms with Crippen molar-refractivity contribution in [2.75, 3.05) is 12.3 Å². The number of benzene rings is 2. The molecule has 0 aromatic heterocycles. The van der Waals surface area contributed by atoms with Crippen LogP contribution in [0.15, 0.2) is 36.4 Å². The predicted molar refractivity (Wildman–Crippen MR) is 70.7 cm³/mol. The van der Waals surface area contributed by atoms with E-state index in [-0.39, 0.29) is 6.54 Å². The first kappa shape index (κ1) is 13.7. The fraction of sp³-hybridized carbons (Fsp3) is 0.286. The van der Waals surface area contributed by atoms with E-state index in [0.717, 1.165) is 16.3 Å². The first-order valence-electron chi connectivity index (χ1n) is 6.00. The van der Waals surface area contributed by atoms with Crippen molar-refractivity contribution >= 4 is 16.5 Å². The van der Waals surface area contributed by atoms with E-state index in [0.29, 0.717) is 12.2 Å². The molecule has 0 heterocycles. The number of alkyl halides is 3. The van der Waals surface area contributed by atoms with Crippen molar-refractivity contribution in [2.45, 2.75) is 19.1 Å². The van der Waals surface area contributed by atoms with Gasteiger partial charge in [0.05, 0.1) is 6.42 Å². The molecule has 0 unspecified atom stereocenters. The predicted octanol–water partition coefficient (Wildman–Crippen LogP) is 3.46.